The smallest absolute Gasteiger partial charge is 0.220 e. The van der Waals surface area contributed by atoms with Gasteiger partial charge in [0, 0.05) is 13.0 Å². The average Bonchev–Trinajstić information content (AvgIpc) is 3.04. The molecule has 0 aliphatic carbocycles. The first-order valence-electron chi connectivity index (χ1n) is 7.78. The van der Waals surface area contributed by atoms with Gasteiger partial charge in [-0.25, -0.2) is 0 Å². The maximum Gasteiger partial charge on any atom is 0.220 e. The van der Waals surface area contributed by atoms with Gasteiger partial charge in [0.1, 0.15) is 13.2 Å². The van der Waals surface area contributed by atoms with Crippen molar-refractivity contribution in [1.29, 1.82) is 0 Å². The lowest BCUT2D eigenvalue weighted by Gasteiger charge is -2.20. The summed E-state index contributed by atoms with van der Waals surface area (Å²) in [7, 11) is 0. The first kappa shape index (κ1) is 15.4. The van der Waals surface area contributed by atoms with E-state index >= 15 is 0 Å². The van der Waals surface area contributed by atoms with Crippen LogP contribution >= 0.6 is 11.6 Å². The van der Waals surface area contributed by atoms with E-state index in [1.54, 1.807) is 0 Å². The van der Waals surface area contributed by atoms with Crippen molar-refractivity contribution >= 4 is 17.5 Å². The number of carbonyl (C=O) groups excluding carboxylic acids is 1. The van der Waals surface area contributed by atoms with Gasteiger partial charge in [-0.2, -0.15) is 0 Å². The molecule has 1 aromatic rings. The zero-order valence-electron chi connectivity index (χ0n) is 12.5. The molecule has 1 saturated heterocycles. The minimum atomic E-state index is 0.0814. The van der Waals surface area contributed by atoms with Crippen LogP contribution in [0.5, 0.6) is 11.5 Å². The lowest BCUT2D eigenvalue weighted by Crippen LogP contribution is -2.24. The molecule has 1 fully saturated rings. The predicted octanol–water partition coefficient (Wildman–Crippen LogP) is 2.12. The molecule has 3 rings (SSSR count). The Morgan fingerprint density at radius 3 is 3.05 bits per heavy atom. The zero-order valence-corrected chi connectivity index (χ0v) is 13.2. The molecule has 2 N–H and O–H groups in total. The molecule has 1 atom stereocenters. The van der Waals surface area contributed by atoms with E-state index in [2.05, 4.69) is 10.6 Å². The van der Waals surface area contributed by atoms with Crippen LogP contribution in [0.15, 0.2) is 12.1 Å². The summed E-state index contributed by atoms with van der Waals surface area (Å²) in [5.41, 5.74) is 0.921. The lowest BCUT2D eigenvalue weighted by molar-refractivity contribution is -0.121. The van der Waals surface area contributed by atoms with Gasteiger partial charge in [-0.15, -0.1) is 0 Å². The molecule has 1 amide bonds. The molecular formula is C16H21ClN2O3. The molecule has 0 aromatic heterocycles. The third-order valence-corrected chi connectivity index (χ3v) is 4.37. The Kier molecular flexibility index (Phi) is 5.05. The van der Waals surface area contributed by atoms with Crippen LogP contribution in [0.2, 0.25) is 5.02 Å². The van der Waals surface area contributed by atoms with Crippen LogP contribution in [-0.2, 0) is 11.3 Å². The number of nitrogens with one attached hydrogen (secondary N) is 2. The summed E-state index contributed by atoms with van der Waals surface area (Å²) in [5, 5.41) is 6.79. The van der Waals surface area contributed by atoms with Crippen molar-refractivity contribution < 1.29 is 14.3 Å². The van der Waals surface area contributed by atoms with Gasteiger partial charge in [-0.1, -0.05) is 11.6 Å². The Morgan fingerprint density at radius 2 is 2.23 bits per heavy atom. The van der Waals surface area contributed by atoms with Crippen LogP contribution in [0.1, 0.15) is 24.8 Å². The second kappa shape index (κ2) is 7.20. The summed E-state index contributed by atoms with van der Waals surface area (Å²) < 4.78 is 11.0. The molecule has 120 valence electrons. The number of rotatable bonds is 5. The third-order valence-electron chi connectivity index (χ3n) is 4.09. The summed E-state index contributed by atoms with van der Waals surface area (Å²) >= 11 is 6.19. The molecule has 0 bridgehead atoms. The molecule has 0 spiro atoms. The van der Waals surface area contributed by atoms with Crippen molar-refractivity contribution in [3.05, 3.63) is 22.7 Å². The largest absolute Gasteiger partial charge is 0.486 e. The maximum absolute atomic E-state index is 11.9. The van der Waals surface area contributed by atoms with Gasteiger partial charge in [0.15, 0.2) is 11.5 Å². The van der Waals surface area contributed by atoms with E-state index in [4.69, 9.17) is 21.1 Å². The molecule has 5 nitrogen and oxygen atoms in total. The van der Waals surface area contributed by atoms with Gasteiger partial charge < -0.3 is 20.1 Å². The van der Waals surface area contributed by atoms with E-state index in [0.29, 0.717) is 48.6 Å². The van der Waals surface area contributed by atoms with Crippen molar-refractivity contribution in [2.75, 3.05) is 26.3 Å². The Labute approximate surface area is 135 Å². The Morgan fingerprint density at radius 1 is 1.36 bits per heavy atom. The van der Waals surface area contributed by atoms with E-state index in [0.717, 1.165) is 25.1 Å². The molecule has 1 aromatic carbocycles. The molecule has 22 heavy (non-hydrogen) atoms. The third kappa shape index (κ3) is 3.84. The number of amides is 1. The van der Waals surface area contributed by atoms with Crippen molar-refractivity contribution in [3.63, 3.8) is 0 Å². The summed E-state index contributed by atoms with van der Waals surface area (Å²) in [6, 6.07) is 3.69. The number of hydrogen-bond donors (Lipinski definition) is 2. The second-order valence-corrected chi connectivity index (χ2v) is 6.18. The highest BCUT2D eigenvalue weighted by atomic mass is 35.5. The molecule has 2 aliphatic heterocycles. The van der Waals surface area contributed by atoms with Crippen molar-refractivity contribution in [3.8, 4) is 11.5 Å². The fourth-order valence-electron chi connectivity index (χ4n) is 2.85. The minimum absolute atomic E-state index is 0.0814. The van der Waals surface area contributed by atoms with E-state index in [-0.39, 0.29) is 5.91 Å². The number of benzene rings is 1. The summed E-state index contributed by atoms with van der Waals surface area (Å²) in [5.74, 6) is 1.96. The van der Waals surface area contributed by atoms with Crippen LogP contribution in [0, 0.1) is 5.92 Å². The lowest BCUT2D eigenvalue weighted by atomic mass is 10.0. The second-order valence-electron chi connectivity index (χ2n) is 5.78. The van der Waals surface area contributed by atoms with E-state index in [9.17, 15) is 4.79 Å². The standard InChI is InChI=1S/C16H21ClN2O3/c17-13-7-12(8-14-16(13)22-6-5-21-14)10-19-15(20)2-1-11-3-4-18-9-11/h7-8,11,18H,1-6,9-10H2,(H,19,20). The number of hydrogen-bond acceptors (Lipinski definition) is 4. The number of fused-ring (bicyclic) bond motifs is 1. The molecule has 0 saturated carbocycles. The summed E-state index contributed by atoms with van der Waals surface area (Å²) in [4.78, 5) is 11.9. The topological polar surface area (TPSA) is 59.6 Å². The van der Waals surface area contributed by atoms with Gasteiger partial charge in [0.05, 0.1) is 5.02 Å². The van der Waals surface area contributed by atoms with Crippen LogP contribution in [0.4, 0.5) is 0 Å². The van der Waals surface area contributed by atoms with Crippen molar-refractivity contribution in [1.82, 2.24) is 10.6 Å². The molecule has 2 heterocycles. The Hall–Kier alpha value is -1.46. The van der Waals surface area contributed by atoms with Crippen LogP contribution in [-0.4, -0.2) is 32.2 Å². The van der Waals surface area contributed by atoms with Crippen LogP contribution < -0.4 is 20.1 Å². The molecular weight excluding hydrogens is 304 g/mol. The van der Waals surface area contributed by atoms with E-state index in [1.165, 1.54) is 6.42 Å². The number of carbonyl (C=O) groups is 1. The van der Waals surface area contributed by atoms with Crippen LogP contribution in [0.3, 0.4) is 0 Å². The average molecular weight is 325 g/mol. The monoisotopic (exact) mass is 324 g/mol. The summed E-state index contributed by atoms with van der Waals surface area (Å²) in [6.07, 6.45) is 2.69. The van der Waals surface area contributed by atoms with Gasteiger partial charge >= 0.3 is 0 Å². The zero-order chi connectivity index (χ0) is 15.4. The highest BCUT2D eigenvalue weighted by molar-refractivity contribution is 6.32. The van der Waals surface area contributed by atoms with Gasteiger partial charge in [-0.3, -0.25) is 4.79 Å². The molecule has 2 aliphatic rings. The highest BCUT2D eigenvalue weighted by Crippen LogP contribution is 2.38. The Balaban J connectivity index is 1.50. The van der Waals surface area contributed by atoms with Gasteiger partial charge in [0.2, 0.25) is 5.91 Å². The first-order chi connectivity index (χ1) is 10.7. The number of ether oxygens (including phenoxy) is 2. The van der Waals surface area contributed by atoms with Crippen LogP contribution in [0.25, 0.3) is 0 Å². The summed E-state index contributed by atoms with van der Waals surface area (Å²) in [6.45, 7) is 3.60. The highest BCUT2D eigenvalue weighted by Gasteiger charge is 2.18. The number of halogens is 1. The van der Waals surface area contributed by atoms with Gasteiger partial charge in [-0.05, 0) is 49.5 Å². The predicted molar refractivity (Wildman–Crippen MR) is 84.5 cm³/mol. The van der Waals surface area contributed by atoms with Crippen molar-refractivity contribution in [2.45, 2.75) is 25.8 Å². The molecule has 0 radical (unpaired) electrons. The van der Waals surface area contributed by atoms with Gasteiger partial charge in [0.25, 0.3) is 0 Å². The fourth-order valence-corrected chi connectivity index (χ4v) is 3.14. The Bertz CT molecular complexity index is 544. The quantitative estimate of drug-likeness (QED) is 0.871. The first-order valence-corrected chi connectivity index (χ1v) is 8.15. The van der Waals surface area contributed by atoms with Crippen molar-refractivity contribution in [2.24, 2.45) is 5.92 Å². The normalized spacial score (nSPS) is 20.0. The fraction of sp³-hybridized carbons (Fsp3) is 0.562. The molecule has 1 unspecified atom stereocenters. The van der Waals surface area contributed by atoms with E-state index in [1.807, 2.05) is 12.1 Å². The SMILES string of the molecule is O=C(CCC1CCNC1)NCc1cc(Cl)c2c(c1)OCCO2. The minimum Gasteiger partial charge on any atom is -0.486 e. The van der Waals surface area contributed by atoms with E-state index < -0.39 is 0 Å². The maximum atomic E-state index is 11.9. The molecule has 6 heteroatoms.